The summed E-state index contributed by atoms with van der Waals surface area (Å²) < 4.78 is 74.5. The maximum absolute atomic E-state index is 14.5. The molecule has 2 aliphatic heterocycles. The van der Waals surface area contributed by atoms with E-state index in [1.54, 1.807) is 19.2 Å². The number of alkyl halides is 5. The Morgan fingerprint density at radius 1 is 0.959 bits per heavy atom. The summed E-state index contributed by atoms with van der Waals surface area (Å²) in [6.07, 6.45) is -9.27. The minimum Gasteiger partial charge on any atom is -0.480 e. The molecule has 2 fully saturated rings. The molecule has 1 unspecified atom stereocenters. The average Bonchev–Trinajstić information content (AvgIpc) is 3.05. The van der Waals surface area contributed by atoms with Gasteiger partial charge in [-0.05, 0) is 59.6 Å². The molecule has 13 heteroatoms. The Balaban J connectivity index is 1.28. The number of hydrogen-bond donors (Lipinski definition) is 3. The highest BCUT2D eigenvalue weighted by atomic mass is 19.4. The van der Waals surface area contributed by atoms with Gasteiger partial charge in [0.25, 0.3) is 6.43 Å². The molecular formula is C36H39F5N4O4. The molecule has 0 spiro atoms. The van der Waals surface area contributed by atoms with Gasteiger partial charge in [-0.3, -0.25) is 24.9 Å². The number of likely N-dealkylation sites (tertiary alicyclic amines) is 2. The highest BCUT2D eigenvalue weighted by Crippen LogP contribution is 2.48. The second kappa shape index (κ2) is 14.2. The monoisotopic (exact) mass is 686 g/mol. The molecule has 2 saturated heterocycles. The minimum atomic E-state index is -4.90. The quantitative estimate of drug-likeness (QED) is 0.129. The third kappa shape index (κ3) is 7.13. The topological polar surface area (TPSA) is 98.2 Å². The van der Waals surface area contributed by atoms with Crippen LogP contribution >= 0.6 is 0 Å². The van der Waals surface area contributed by atoms with E-state index in [0.717, 1.165) is 52.6 Å². The number of piperidine rings is 1. The second-order valence-electron chi connectivity index (χ2n) is 13.1. The van der Waals surface area contributed by atoms with Crippen molar-refractivity contribution in [1.82, 2.24) is 20.1 Å². The molecule has 1 aromatic heterocycles. The first-order chi connectivity index (χ1) is 23.4. The van der Waals surface area contributed by atoms with Crippen molar-refractivity contribution < 1.29 is 41.7 Å². The third-order valence-corrected chi connectivity index (χ3v) is 10.1. The number of aromatic nitrogens is 1. The third-order valence-electron chi connectivity index (χ3n) is 10.1. The molecule has 6 rings (SSSR count). The van der Waals surface area contributed by atoms with Gasteiger partial charge in [0.05, 0.1) is 18.3 Å². The number of nitrogens with zero attached hydrogens (tertiary/aromatic N) is 3. The van der Waals surface area contributed by atoms with E-state index in [2.05, 4.69) is 16.3 Å². The molecule has 0 amide bonds. The van der Waals surface area contributed by atoms with Crippen molar-refractivity contribution >= 4 is 27.5 Å². The van der Waals surface area contributed by atoms with Crippen molar-refractivity contribution in [1.29, 1.82) is 0 Å². The number of methoxy groups -OCH3 is 1. The predicted molar refractivity (Wildman–Crippen MR) is 175 cm³/mol. The number of halogens is 5. The van der Waals surface area contributed by atoms with E-state index in [9.17, 15) is 37.0 Å². The first-order valence-electron chi connectivity index (χ1n) is 16.3. The maximum atomic E-state index is 14.5. The van der Waals surface area contributed by atoms with Crippen LogP contribution in [-0.2, 0) is 22.5 Å². The number of carboxylic acid groups (broad SMARTS) is 1. The molecule has 2 aliphatic rings. The Morgan fingerprint density at radius 2 is 1.59 bits per heavy atom. The largest absolute Gasteiger partial charge is 0.480 e. The first kappa shape index (κ1) is 35.1. The van der Waals surface area contributed by atoms with Gasteiger partial charge >= 0.3 is 12.1 Å². The van der Waals surface area contributed by atoms with Gasteiger partial charge in [0.15, 0.2) is 0 Å². The molecule has 262 valence electrons. The lowest BCUT2D eigenvalue weighted by molar-refractivity contribution is -0.275. The molecule has 4 aromatic rings. The molecule has 0 aliphatic carbocycles. The number of fused-ring (bicyclic) bond motifs is 2. The summed E-state index contributed by atoms with van der Waals surface area (Å²) in [6.45, 7) is 1.15. The highest BCUT2D eigenvalue weighted by molar-refractivity contribution is 6.05. The van der Waals surface area contributed by atoms with Gasteiger partial charge in [0.2, 0.25) is 0 Å². The fraction of sp³-hybridized carbons (Fsp3) is 0.444. The van der Waals surface area contributed by atoms with Crippen LogP contribution in [0.1, 0.15) is 24.0 Å². The number of carbonyl (C=O) groups is 1. The van der Waals surface area contributed by atoms with Crippen LogP contribution < -0.4 is 5.32 Å². The van der Waals surface area contributed by atoms with Crippen molar-refractivity contribution in [2.24, 2.45) is 5.41 Å². The van der Waals surface area contributed by atoms with E-state index in [1.807, 2.05) is 48.7 Å². The number of pyridine rings is 1. The summed E-state index contributed by atoms with van der Waals surface area (Å²) >= 11 is 0. The second-order valence-corrected chi connectivity index (χ2v) is 13.1. The Hall–Kier alpha value is -3.75. The van der Waals surface area contributed by atoms with E-state index in [0.29, 0.717) is 10.9 Å². The zero-order chi connectivity index (χ0) is 34.9. The van der Waals surface area contributed by atoms with Crippen LogP contribution in [0, 0.1) is 5.41 Å². The molecule has 0 saturated carbocycles. The number of carboxylic acids is 1. The number of hydrogen-bond acceptors (Lipinski definition) is 7. The Bertz CT molecular complexity index is 1790. The zero-order valence-electron chi connectivity index (χ0n) is 27.0. The van der Waals surface area contributed by atoms with Crippen LogP contribution in [0.5, 0.6) is 0 Å². The summed E-state index contributed by atoms with van der Waals surface area (Å²) in [6, 6.07) is 17.4. The number of aliphatic hydroxyl groups excluding tert-OH is 1. The number of ether oxygens (including phenoxy) is 1. The van der Waals surface area contributed by atoms with Crippen LogP contribution in [0.3, 0.4) is 0 Å². The molecule has 3 N–H and O–H groups in total. The van der Waals surface area contributed by atoms with Crippen LogP contribution in [-0.4, -0.2) is 102 Å². The summed E-state index contributed by atoms with van der Waals surface area (Å²) in [5, 5.41) is 26.9. The Labute approximate surface area is 280 Å². The maximum Gasteiger partial charge on any atom is 0.398 e. The fourth-order valence-electron chi connectivity index (χ4n) is 7.22. The van der Waals surface area contributed by atoms with Crippen molar-refractivity contribution in [3.63, 3.8) is 0 Å². The first-order valence-corrected chi connectivity index (χ1v) is 16.3. The number of nitrogens with one attached hydrogen (secondary N) is 1. The van der Waals surface area contributed by atoms with Crippen LogP contribution in [0.15, 0.2) is 66.9 Å². The van der Waals surface area contributed by atoms with Gasteiger partial charge in [0.1, 0.15) is 17.7 Å². The van der Waals surface area contributed by atoms with Gasteiger partial charge in [-0.25, -0.2) is 8.78 Å². The Kier molecular flexibility index (Phi) is 10.2. The molecule has 3 aromatic carbocycles. The van der Waals surface area contributed by atoms with E-state index >= 15 is 0 Å². The Morgan fingerprint density at radius 3 is 2.24 bits per heavy atom. The van der Waals surface area contributed by atoms with E-state index < -0.39 is 55.6 Å². The summed E-state index contributed by atoms with van der Waals surface area (Å²) in [4.78, 5) is 20.8. The number of aliphatic hydroxyl groups is 1. The lowest BCUT2D eigenvalue weighted by atomic mass is 9.75. The zero-order valence-corrected chi connectivity index (χ0v) is 27.0. The molecule has 0 bridgehead atoms. The minimum absolute atomic E-state index is 0.218. The number of benzene rings is 3. The smallest absolute Gasteiger partial charge is 0.398 e. The van der Waals surface area contributed by atoms with Gasteiger partial charge in [-0.2, -0.15) is 13.2 Å². The predicted octanol–water partition coefficient (Wildman–Crippen LogP) is 5.70. The summed E-state index contributed by atoms with van der Waals surface area (Å²) in [5.41, 5.74) is 0.516. The van der Waals surface area contributed by atoms with Gasteiger partial charge in [-0.1, -0.05) is 60.7 Å². The highest BCUT2D eigenvalue weighted by Gasteiger charge is 2.60. The molecule has 0 radical (unpaired) electrons. The normalized spacial score (nSPS) is 18.9. The molecule has 2 atom stereocenters. The van der Waals surface area contributed by atoms with E-state index in [-0.39, 0.29) is 25.6 Å². The van der Waals surface area contributed by atoms with Gasteiger partial charge in [-0.15, -0.1) is 0 Å². The van der Waals surface area contributed by atoms with Crippen molar-refractivity contribution in [2.45, 2.75) is 56.8 Å². The fourth-order valence-corrected chi connectivity index (χ4v) is 7.22. The van der Waals surface area contributed by atoms with E-state index in [4.69, 9.17) is 9.72 Å². The summed E-state index contributed by atoms with van der Waals surface area (Å²) in [7, 11) is 1.71. The molecule has 49 heavy (non-hydrogen) atoms. The summed E-state index contributed by atoms with van der Waals surface area (Å²) in [5.74, 6) is -1.43. The molecule has 8 nitrogen and oxygen atoms in total. The van der Waals surface area contributed by atoms with Crippen LogP contribution in [0.2, 0.25) is 0 Å². The lowest BCUT2D eigenvalue weighted by Crippen LogP contribution is -2.61. The van der Waals surface area contributed by atoms with Gasteiger partial charge in [0, 0.05) is 43.9 Å². The lowest BCUT2D eigenvalue weighted by Gasteiger charge is -2.46. The van der Waals surface area contributed by atoms with Crippen LogP contribution in [0.4, 0.5) is 22.0 Å². The van der Waals surface area contributed by atoms with Crippen molar-refractivity contribution in [3.8, 4) is 11.3 Å². The van der Waals surface area contributed by atoms with Crippen molar-refractivity contribution in [3.05, 3.63) is 78.0 Å². The van der Waals surface area contributed by atoms with Crippen molar-refractivity contribution in [2.75, 3.05) is 39.8 Å². The molecular weight excluding hydrogens is 647 g/mol. The molecule has 3 heterocycles. The standard InChI is InChI=1S/C36H39F5N4O4/c1-49-24-19-45(20-24)18-23-17-42-32(28-8-3-2-7-26(23)28)29-11-5-9-25-22(6-4-10-27(25)29)16-30(33(46)47)43-34(48)35(36(39,40)41)12-14-44(15-13-35)21-31(37)38/h2-11,17,24,30-31,34,43,48H,12-16,18-21H2,1H3,(H,46,47)/t30-,34?/m0/s1. The van der Waals surface area contributed by atoms with Gasteiger partial charge < -0.3 is 14.9 Å². The number of rotatable bonds is 12. The average molecular weight is 687 g/mol. The van der Waals surface area contributed by atoms with Crippen LogP contribution in [0.25, 0.3) is 32.8 Å². The SMILES string of the molecule is COC1CN(Cc2cnc(-c3cccc4c(C[C@H](NC(O)C5(C(F)(F)F)CCN(CC(F)F)CC5)C(=O)O)cccc34)c3ccccc23)C1. The number of aliphatic carboxylic acids is 1. The van der Waals surface area contributed by atoms with E-state index in [1.165, 1.54) is 4.90 Å².